The van der Waals surface area contributed by atoms with Crippen molar-refractivity contribution >= 4 is 46.2 Å². The standard InChI is InChI=1S/C36H42FN7O6S/c1-25(43(31-13-12-28(48-2)24-32(31)49-3)35(46)38-27-10-8-26(37)9-11-27)33-39-30-7-5-4-6-29(30)34(45)44(33)42-16-14-41(15-17-42)36(47)50-21-18-40-19-22-51-23-20-40/h4-13,24-25H,14-23H2,1-3H3,(H,38,46). The van der Waals surface area contributed by atoms with Gasteiger partial charge in [0, 0.05) is 56.0 Å². The van der Waals surface area contributed by atoms with Gasteiger partial charge in [-0.15, -0.1) is 0 Å². The minimum Gasteiger partial charge on any atom is -0.497 e. The monoisotopic (exact) mass is 719 g/mol. The lowest BCUT2D eigenvalue weighted by Crippen LogP contribution is -2.57. The van der Waals surface area contributed by atoms with E-state index in [1.807, 2.05) is 16.8 Å². The van der Waals surface area contributed by atoms with Gasteiger partial charge in [0.05, 0.1) is 49.9 Å². The molecule has 13 nitrogen and oxygen atoms in total. The summed E-state index contributed by atoms with van der Waals surface area (Å²) in [6, 6.07) is 16.1. The summed E-state index contributed by atoms with van der Waals surface area (Å²) >= 11 is 1.93. The molecule has 2 saturated heterocycles. The Morgan fingerprint density at radius 1 is 0.961 bits per heavy atom. The average Bonchev–Trinajstić information content (AvgIpc) is 3.16. The first-order chi connectivity index (χ1) is 24.8. The molecule has 1 atom stereocenters. The highest BCUT2D eigenvalue weighted by Gasteiger charge is 2.33. The summed E-state index contributed by atoms with van der Waals surface area (Å²) in [4.78, 5) is 51.9. The van der Waals surface area contributed by atoms with Crippen LogP contribution in [0, 0.1) is 5.82 Å². The molecule has 3 amide bonds. The zero-order valence-corrected chi connectivity index (χ0v) is 29.7. The van der Waals surface area contributed by atoms with Crippen LogP contribution in [0.15, 0.2) is 71.5 Å². The maximum absolute atomic E-state index is 14.3. The van der Waals surface area contributed by atoms with Gasteiger partial charge in [-0.25, -0.2) is 23.6 Å². The predicted molar refractivity (Wildman–Crippen MR) is 196 cm³/mol. The zero-order chi connectivity index (χ0) is 35.9. The van der Waals surface area contributed by atoms with Crippen molar-refractivity contribution in [3.8, 4) is 11.5 Å². The normalized spacial score (nSPS) is 15.7. The van der Waals surface area contributed by atoms with E-state index in [-0.39, 0.29) is 11.7 Å². The number of fused-ring (bicyclic) bond motifs is 1. The molecule has 0 spiro atoms. The number of thioether (sulfide) groups is 1. The van der Waals surface area contributed by atoms with Crippen LogP contribution >= 0.6 is 11.8 Å². The number of benzene rings is 3. The number of nitrogens with zero attached hydrogens (tertiary/aromatic N) is 6. The van der Waals surface area contributed by atoms with Crippen LogP contribution in [0.5, 0.6) is 11.5 Å². The molecule has 0 bridgehead atoms. The lowest BCUT2D eigenvalue weighted by molar-refractivity contribution is 0.0879. The predicted octanol–water partition coefficient (Wildman–Crippen LogP) is 4.79. The molecule has 2 aliphatic heterocycles. The molecule has 1 unspecified atom stereocenters. The summed E-state index contributed by atoms with van der Waals surface area (Å²) < 4.78 is 32.0. The summed E-state index contributed by atoms with van der Waals surface area (Å²) in [5.41, 5.74) is 0.914. The first kappa shape index (κ1) is 35.8. The second kappa shape index (κ2) is 16.3. The van der Waals surface area contributed by atoms with Crippen molar-refractivity contribution < 1.29 is 28.2 Å². The number of methoxy groups -OCH3 is 2. The van der Waals surface area contributed by atoms with Gasteiger partial charge in [0.15, 0.2) is 5.82 Å². The maximum Gasteiger partial charge on any atom is 0.409 e. The van der Waals surface area contributed by atoms with Gasteiger partial charge in [0.1, 0.15) is 23.9 Å². The Labute approximate surface area is 299 Å². The molecule has 270 valence electrons. The van der Waals surface area contributed by atoms with Gasteiger partial charge in [-0.3, -0.25) is 14.6 Å². The van der Waals surface area contributed by atoms with E-state index in [0.717, 1.165) is 24.6 Å². The van der Waals surface area contributed by atoms with E-state index < -0.39 is 17.9 Å². The summed E-state index contributed by atoms with van der Waals surface area (Å²) in [5.74, 6) is 2.89. The largest absolute Gasteiger partial charge is 0.497 e. The van der Waals surface area contributed by atoms with E-state index in [4.69, 9.17) is 19.2 Å². The molecule has 0 aliphatic carbocycles. The summed E-state index contributed by atoms with van der Waals surface area (Å²) in [5, 5.41) is 5.11. The summed E-state index contributed by atoms with van der Waals surface area (Å²) in [7, 11) is 3.02. The smallest absolute Gasteiger partial charge is 0.409 e. The highest BCUT2D eigenvalue weighted by molar-refractivity contribution is 7.99. The fourth-order valence-corrected chi connectivity index (χ4v) is 7.23. The van der Waals surface area contributed by atoms with Gasteiger partial charge in [-0.05, 0) is 55.5 Å². The number of piperazine rings is 1. The van der Waals surface area contributed by atoms with E-state index in [2.05, 4.69) is 10.2 Å². The van der Waals surface area contributed by atoms with E-state index in [1.165, 1.54) is 48.1 Å². The van der Waals surface area contributed by atoms with Crippen LogP contribution in [0.3, 0.4) is 0 Å². The van der Waals surface area contributed by atoms with Crippen molar-refractivity contribution in [2.24, 2.45) is 0 Å². The van der Waals surface area contributed by atoms with Gasteiger partial charge >= 0.3 is 12.1 Å². The Hall–Kier alpha value is -5.02. The Kier molecular flexibility index (Phi) is 11.5. The number of nitrogens with one attached hydrogen (secondary N) is 1. The highest BCUT2D eigenvalue weighted by Crippen LogP contribution is 2.37. The number of carbonyl (C=O) groups excluding carboxylic acids is 2. The minimum atomic E-state index is -0.846. The van der Waals surface area contributed by atoms with Crippen LogP contribution in [-0.2, 0) is 4.74 Å². The maximum atomic E-state index is 14.3. The Morgan fingerprint density at radius 2 is 1.69 bits per heavy atom. The van der Waals surface area contributed by atoms with Crippen molar-refractivity contribution in [1.29, 1.82) is 0 Å². The molecular formula is C36H42FN7O6S. The molecule has 15 heteroatoms. The van der Waals surface area contributed by atoms with Crippen LogP contribution in [0.25, 0.3) is 10.9 Å². The first-order valence-electron chi connectivity index (χ1n) is 16.8. The fourth-order valence-electron chi connectivity index (χ4n) is 6.25. The van der Waals surface area contributed by atoms with Crippen molar-refractivity contribution in [2.45, 2.75) is 13.0 Å². The van der Waals surface area contributed by atoms with Crippen molar-refractivity contribution in [3.05, 3.63) is 88.7 Å². The Balaban J connectivity index is 1.31. The first-order valence-corrected chi connectivity index (χ1v) is 18.0. The number of anilines is 2. The van der Waals surface area contributed by atoms with Crippen LogP contribution in [0.4, 0.5) is 25.4 Å². The quantitative estimate of drug-likeness (QED) is 0.245. The Bertz CT molecular complexity index is 1900. The molecule has 1 aromatic heterocycles. The topological polar surface area (TPSA) is 122 Å². The van der Waals surface area contributed by atoms with E-state index in [1.54, 1.807) is 54.3 Å². The molecule has 4 aromatic rings. The average molecular weight is 720 g/mol. The van der Waals surface area contributed by atoms with Gasteiger partial charge in [0.25, 0.3) is 5.56 Å². The molecule has 51 heavy (non-hydrogen) atoms. The number of carbonyl (C=O) groups is 2. The molecule has 1 N–H and O–H groups in total. The Morgan fingerprint density at radius 3 is 2.39 bits per heavy atom. The van der Waals surface area contributed by atoms with Crippen molar-refractivity contribution in [2.75, 3.05) is 93.4 Å². The fraction of sp³-hybridized carbons (Fsp3) is 0.389. The second-order valence-electron chi connectivity index (χ2n) is 12.1. The molecule has 3 aromatic carbocycles. The van der Waals surface area contributed by atoms with Crippen LogP contribution in [0.2, 0.25) is 0 Å². The number of para-hydroxylation sites is 1. The van der Waals surface area contributed by atoms with Crippen LogP contribution < -0.4 is 30.3 Å². The number of hydrogen-bond acceptors (Lipinski definition) is 10. The van der Waals surface area contributed by atoms with Gasteiger partial charge in [-0.1, -0.05) is 12.1 Å². The number of aromatic nitrogens is 2. The van der Waals surface area contributed by atoms with Gasteiger partial charge in [-0.2, -0.15) is 11.8 Å². The zero-order valence-electron chi connectivity index (χ0n) is 28.9. The second-order valence-corrected chi connectivity index (χ2v) is 13.4. The number of amides is 3. The third kappa shape index (κ3) is 8.15. The minimum absolute atomic E-state index is 0.293. The third-order valence-electron chi connectivity index (χ3n) is 9.03. The van der Waals surface area contributed by atoms with E-state index in [0.29, 0.717) is 78.9 Å². The van der Waals surface area contributed by atoms with Crippen molar-refractivity contribution in [3.63, 3.8) is 0 Å². The third-order valence-corrected chi connectivity index (χ3v) is 9.98. The molecule has 2 fully saturated rings. The number of ether oxygens (including phenoxy) is 3. The number of hydrogen-bond donors (Lipinski definition) is 1. The van der Waals surface area contributed by atoms with Crippen molar-refractivity contribution in [1.82, 2.24) is 19.5 Å². The van der Waals surface area contributed by atoms with Crippen LogP contribution in [0.1, 0.15) is 18.8 Å². The molecule has 3 heterocycles. The number of halogens is 1. The number of rotatable bonds is 10. The van der Waals surface area contributed by atoms with Gasteiger partial charge in [0.2, 0.25) is 0 Å². The highest BCUT2D eigenvalue weighted by atomic mass is 32.2. The van der Waals surface area contributed by atoms with Gasteiger partial charge < -0.3 is 29.4 Å². The molecule has 0 saturated carbocycles. The lowest BCUT2D eigenvalue weighted by atomic mass is 10.1. The number of urea groups is 1. The molecule has 6 rings (SSSR count). The van der Waals surface area contributed by atoms with E-state index in [9.17, 15) is 18.8 Å². The molecule has 2 aliphatic rings. The lowest BCUT2D eigenvalue weighted by Gasteiger charge is -2.39. The summed E-state index contributed by atoms with van der Waals surface area (Å²) in [6.45, 7) is 6.09. The van der Waals surface area contributed by atoms with Crippen LogP contribution in [-0.4, -0.2) is 110 Å². The van der Waals surface area contributed by atoms with E-state index >= 15 is 0 Å². The SMILES string of the molecule is COc1ccc(N(C(=O)Nc2ccc(F)cc2)C(C)c2nc3ccccc3c(=O)n2N2CCN(C(=O)OCCN3CCSCC3)CC2)c(OC)c1. The molecular weight excluding hydrogens is 678 g/mol. The summed E-state index contributed by atoms with van der Waals surface area (Å²) in [6.07, 6.45) is -0.381. The molecule has 0 radical (unpaired) electrons.